The lowest BCUT2D eigenvalue weighted by atomic mass is 10.2. The van der Waals surface area contributed by atoms with E-state index in [0.29, 0.717) is 6.04 Å². The highest BCUT2D eigenvalue weighted by atomic mass is 16.5. The van der Waals surface area contributed by atoms with Crippen LogP contribution < -0.4 is 5.32 Å². The highest BCUT2D eigenvalue weighted by Crippen LogP contribution is 2.35. The molecule has 1 aliphatic rings. The van der Waals surface area contributed by atoms with Crippen molar-refractivity contribution >= 4 is 0 Å². The van der Waals surface area contributed by atoms with Gasteiger partial charge in [-0.2, -0.15) is 0 Å². The molecule has 5 nitrogen and oxygen atoms in total. The average molecular weight is 210 g/mol. The fourth-order valence-corrected chi connectivity index (χ4v) is 1.72. The minimum Gasteiger partial charge on any atom is -0.384 e. The van der Waals surface area contributed by atoms with E-state index >= 15 is 0 Å². The Morgan fingerprint density at radius 1 is 1.53 bits per heavy atom. The highest BCUT2D eigenvalue weighted by Gasteiger charge is 2.28. The number of hydrogen-bond acceptors (Lipinski definition) is 4. The van der Waals surface area contributed by atoms with Crippen LogP contribution in [0.3, 0.4) is 0 Å². The number of nitrogens with zero attached hydrogens (tertiary/aromatic N) is 3. The molecule has 2 rings (SSSR count). The second kappa shape index (κ2) is 4.72. The van der Waals surface area contributed by atoms with E-state index in [1.807, 2.05) is 7.05 Å². The van der Waals surface area contributed by atoms with Crippen LogP contribution >= 0.6 is 0 Å². The normalized spacial score (nSPS) is 15.9. The summed E-state index contributed by atoms with van der Waals surface area (Å²) in [7, 11) is 3.65. The summed E-state index contributed by atoms with van der Waals surface area (Å²) in [5, 5.41) is 11.6. The number of methoxy groups -OCH3 is 1. The molecule has 1 heterocycles. The molecular formula is C10H18N4O. The van der Waals surface area contributed by atoms with E-state index in [2.05, 4.69) is 20.3 Å². The molecule has 0 aromatic carbocycles. The number of aromatic nitrogens is 3. The first kappa shape index (κ1) is 10.6. The molecule has 0 unspecified atom stereocenters. The molecular weight excluding hydrogens is 192 g/mol. The van der Waals surface area contributed by atoms with Gasteiger partial charge >= 0.3 is 0 Å². The summed E-state index contributed by atoms with van der Waals surface area (Å²) in [6.07, 6.45) is 3.38. The van der Waals surface area contributed by atoms with Gasteiger partial charge in [-0.25, -0.2) is 4.68 Å². The van der Waals surface area contributed by atoms with Gasteiger partial charge in [0.25, 0.3) is 0 Å². The smallest absolute Gasteiger partial charge is 0.0997 e. The highest BCUT2D eigenvalue weighted by molar-refractivity contribution is 5.12. The Labute approximate surface area is 89.8 Å². The average Bonchev–Trinajstić information content (AvgIpc) is 3.00. The van der Waals surface area contributed by atoms with Crippen LogP contribution in [0.1, 0.15) is 30.3 Å². The first-order valence-corrected chi connectivity index (χ1v) is 5.43. The van der Waals surface area contributed by atoms with Gasteiger partial charge in [0.15, 0.2) is 0 Å². The van der Waals surface area contributed by atoms with Crippen LogP contribution in [0.4, 0.5) is 0 Å². The molecule has 0 saturated heterocycles. The van der Waals surface area contributed by atoms with Crippen molar-refractivity contribution in [3.63, 3.8) is 0 Å². The van der Waals surface area contributed by atoms with Gasteiger partial charge < -0.3 is 10.1 Å². The Hall–Kier alpha value is -0.940. The largest absolute Gasteiger partial charge is 0.384 e. The minimum atomic E-state index is 0.593. The van der Waals surface area contributed by atoms with Gasteiger partial charge in [0, 0.05) is 20.1 Å². The van der Waals surface area contributed by atoms with Gasteiger partial charge in [-0.15, -0.1) is 5.10 Å². The quantitative estimate of drug-likeness (QED) is 0.743. The molecule has 0 spiro atoms. The second-order valence-electron chi connectivity index (χ2n) is 3.93. The summed E-state index contributed by atoms with van der Waals surface area (Å²) in [5.74, 6) is 0. The summed E-state index contributed by atoms with van der Waals surface area (Å²) in [6.45, 7) is 1.52. The van der Waals surface area contributed by atoms with E-state index in [1.165, 1.54) is 18.5 Å². The van der Waals surface area contributed by atoms with Crippen LogP contribution in [-0.2, 0) is 17.7 Å². The van der Waals surface area contributed by atoms with Gasteiger partial charge in [0.1, 0.15) is 0 Å². The zero-order valence-corrected chi connectivity index (χ0v) is 9.36. The number of nitrogens with one attached hydrogen (secondary N) is 1. The molecule has 5 heteroatoms. The van der Waals surface area contributed by atoms with Crippen molar-refractivity contribution in [1.29, 1.82) is 0 Å². The maximum absolute atomic E-state index is 5.11. The predicted octanol–water partition coefficient (Wildman–Crippen LogP) is 0.521. The molecule has 1 aromatic heterocycles. The fourth-order valence-electron chi connectivity index (χ4n) is 1.72. The van der Waals surface area contributed by atoms with Gasteiger partial charge in [-0.3, -0.25) is 0 Å². The summed E-state index contributed by atoms with van der Waals surface area (Å²) in [5.41, 5.74) is 2.29. The Morgan fingerprint density at radius 2 is 2.33 bits per heavy atom. The lowest BCUT2D eigenvalue weighted by Gasteiger charge is -2.06. The molecule has 0 bridgehead atoms. The molecule has 1 aliphatic carbocycles. The monoisotopic (exact) mass is 210 g/mol. The van der Waals surface area contributed by atoms with Crippen LogP contribution in [0, 0.1) is 0 Å². The van der Waals surface area contributed by atoms with E-state index in [4.69, 9.17) is 4.74 Å². The molecule has 1 aromatic rings. The summed E-state index contributed by atoms with van der Waals surface area (Å²) >= 11 is 0. The van der Waals surface area contributed by atoms with E-state index in [-0.39, 0.29) is 0 Å². The topological polar surface area (TPSA) is 52.0 Å². The maximum atomic E-state index is 5.11. The lowest BCUT2D eigenvalue weighted by molar-refractivity contribution is 0.200. The SMILES string of the molecule is CNCc1nnn(C2CC2)c1CCOC. The molecule has 1 saturated carbocycles. The first-order valence-electron chi connectivity index (χ1n) is 5.43. The first-order chi connectivity index (χ1) is 7.36. The summed E-state index contributed by atoms with van der Waals surface area (Å²) < 4.78 is 7.19. The van der Waals surface area contributed by atoms with Crippen molar-refractivity contribution in [3.05, 3.63) is 11.4 Å². The van der Waals surface area contributed by atoms with Crippen LogP contribution in [0.2, 0.25) is 0 Å². The van der Waals surface area contributed by atoms with E-state index in [9.17, 15) is 0 Å². The third-order valence-corrected chi connectivity index (χ3v) is 2.65. The second-order valence-corrected chi connectivity index (χ2v) is 3.93. The number of rotatable bonds is 6. The van der Waals surface area contributed by atoms with Crippen molar-refractivity contribution in [3.8, 4) is 0 Å². The van der Waals surface area contributed by atoms with Crippen molar-refractivity contribution in [2.24, 2.45) is 0 Å². The Kier molecular flexibility index (Phi) is 3.33. The predicted molar refractivity (Wildman–Crippen MR) is 56.6 cm³/mol. The molecule has 0 aliphatic heterocycles. The van der Waals surface area contributed by atoms with E-state index in [1.54, 1.807) is 7.11 Å². The molecule has 0 amide bonds. The van der Waals surface area contributed by atoms with Crippen molar-refractivity contribution in [2.75, 3.05) is 20.8 Å². The van der Waals surface area contributed by atoms with Crippen molar-refractivity contribution in [1.82, 2.24) is 20.3 Å². The molecule has 84 valence electrons. The zero-order chi connectivity index (χ0) is 10.7. The molecule has 1 N–H and O–H groups in total. The molecule has 15 heavy (non-hydrogen) atoms. The van der Waals surface area contributed by atoms with Crippen molar-refractivity contribution in [2.45, 2.75) is 31.8 Å². The Morgan fingerprint density at radius 3 is 2.93 bits per heavy atom. The van der Waals surface area contributed by atoms with Gasteiger partial charge in [-0.1, -0.05) is 5.21 Å². The van der Waals surface area contributed by atoms with E-state index in [0.717, 1.165) is 25.3 Å². The van der Waals surface area contributed by atoms with Crippen molar-refractivity contribution < 1.29 is 4.74 Å². The Balaban J connectivity index is 2.14. The fraction of sp³-hybridized carbons (Fsp3) is 0.800. The molecule has 1 fully saturated rings. The van der Waals surface area contributed by atoms with Crippen LogP contribution in [0.15, 0.2) is 0 Å². The maximum Gasteiger partial charge on any atom is 0.0997 e. The lowest BCUT2D eigenvalue weighted by Crippen LogP contribution is -2.11. The molecule has 0 radical (unpaired) electrons. The molecule has 0 atom stereocenters. The van der Waals surface area contributed by atoms with Crippen LogP contribution in [0.5, 0.6) is 0 Å². The zero-order valence-electron chi connectivity index (χ0n) is 9.36. The Bertz CT molecular complexity index is 319. The minimum absolute atomic E-state index is 0.593. The van der Waals surface area contributed by atoms with Gasteiger partial charge in [-0.05, 0) is 19.9 Å². The van der Waals surface area contributed by atoms with Gasteiger partial charge in [0.05, 0.1) is 24.0 Å². The van der Waals surface area contributed by atoms with Crippen LogP contribution in [-0.4, -0.2) is 35.8 Å². The van der Waals surface area contributed by atoms with Crippen LogP contribution in [0.25, 0.3) is 0 Å². The van der Waals surface area contributed by atoms with E-state index < -0.39 is 0 Å². The standard InChI is InChI=1S/C10H18N4O/c1-11-7-9-10(5-6-15-2)14(13-12-9)8-3-4-8/h8,11H,3-7H2,1-2H3. The number of ether oxygens (including phenoxy) is 1. The summed E-state index contributed by atoms with van der Waals surface area (Å²) in [6, 6.07) is 0.593. The third kappa shape index (κ3) is 2.35. The summed E-state index contributed by atoms with van der Waals surface area (Å²) in [4.78, 5) is 0. The van der Waals surface area contributed by atoms with Gasteiger partial charge in [0.2, 0.25) is 0 Å². The third-order valence-electron chi connectivity index (χ3n) is 2.65. The number of hydrogen-bond donors (Lipinski definition) is 1.